The number of hydrogen-bond donors (Lipinski definition) is 0. The summed E-state index contributed by atoms with van der Waals surface area (Å²) in [6, 6.07) is 5.32. The average Bonchev–Trinajstić information content (AvgIpc) is 1.90. The van der Waals surface area contributed by atoms with Gasteiger partial charge in [-0.2, -0.15) is 5.26 Å². The van der Waals surface area contributed by atoms with E-state index in [9.17, 15) is 0 Å². The summed E-state index contributed by atoms with van der Waals surface area (Å²) in [7, 11) is 0. The maximum Gasteiger partial charge on any atom is 0.0992 e. The highest BCUT2D eigenvalue weighted by molar-refractivity contribution is 5.75. The minimum Gasteiger partial charge on any atom is -0.265 e. The van der Waals surface area contributed by atoms with Crippen molar-refractivity contribution in [3.63, 3.8) is 0 Å². The van der Waals surface area contributed by atoms with Gasteiger partial charge in [-0.25, -0.2) is 0 Å². The van der Waals surface area contributed by atoms with Crippen LogP contribution < -0.4 is 0 Å². The van der Waals surface area contributed by atoms with Gasteiger partial charge in [0, 0.05) is 12.4 Å². The lowest BCUT2D eigenvalue weighted by atomic mass is 10.3. The van der Waals surface area contributed by atoms with E-state index in [2.05, 4.69) is 4.98 Å². The van der Waals surface area contributed by atoms with E-state index in [1.807, 2.05) is 6.07 Å². The molecule has 0 N–H and O–H groups in total. The molecule has 0 spiro atoms. The normalized spacial score (nSPS) is 7.00. The quantitative estimate of drug-likeness (QED) is 0.441. The van der Waals surface area contributed by atoms with E-state index in [0.29, 0.717) is 5.56 Å². The Morgan fingerprint density at radius 1 is 1.33 bits per heavy atom. The second kappa shape index (κ2) is 3.68. The van der Waals surface area contributed by atoms with Crippen molar-refractivity contribution >= 4 is 8.41 Å². The molecular formula is C6H7BN2. The third-order valence-electron chi connectivity index (χ3n) is 0.809. The molecule has 0 saturated heterocycles. The molecule has 1 heterocycles. The molecule has 9 heavy (non-hydrogen) atoms. The highest BCUT2D eigenvalue weighted by Crippen LogP contribution is 1.89. The van der Waals surface area contributed by atoms with E-state index in [1.54, 1.807) is 24.5 Å². The zero-order valence-electron chi connectivity index (χ0n) is 4.20. The van der Waals surface area contributed by atoms with Crippen LogP contribution in [0.4, 0.5) is 0 Å². The highest BCUT2D eigenvalue weighted by Gasteiger charge is 1.80. The van der Waals surface area contributed by atoms with Crippen molar-refractivity contribution in [1.82, 2.24) is 4.98 Å². The second-order valence-electron chi connectivity index (χ2n) is 1.35. The van der Waals surface area contributed by atoms with Gasteiger partial charge >= 0.3 is 0 Å². The fourth-order valence-corrected chi connectivity index (χ4v) is 0.426. The average molecular weight is 118 g/mol. The molecule has 0 aliphatic rings. The molecule has 0 saturated carbocycles. The van der Waals surface area contributed by atoms with Crippen LogP contribution >= 0.6 is 0 Å². The van der Waals surface area contributed by atoms with Gasteiger partial charge in [0.1, 0.15) is 0 Å². The van der Waals surface area contributed by atoms with Crippen molar-refractivity contribution in [1.29, 1.82) is 5.26 Å². The summed E-state index contributed by atoms with van der Waals surface area (Å²) in [5.41, 5.74) is 0.653. The lowest BCUT2D eigenvalue weighted by Crippen LogP contribution is -1.71. The molecule has 0 amide bonds. The summed E-state index contributed by atoms with van der Waals surface area (Å²) in [5.74, 6) is 0. The van der Waals surface area contributed by atoms with Crippen LogP contribution in [0, 0.1) is 11.3 Å². The van der Waals surface area contributed by atoms with Crippen LogP contribution in [-0.2, 0) is 0 Å². The van der Waals surface area contributed by atoms with E-state index >= 15 is 0 Å². The topological polar surface area (TPSA) is 36.7 Å². The molecule has 1 aromatic heterocycles. The Hall–Kier alpha value is -1.30. The molecule has 1 rings (SSSR count). The first-order valence-corrected chi connectivity index (χ1v) is 2.23. The number of aromatic nitrogens is 1. The Kier molecular flexibility index (Phi) is 3.15. The van der Waals surface area contributed by atoms with Gasteiger partial charge in [0.05, 0.1) is 20.0 Å². The summed E-state index contributed by atoms with van der Waals surface area (Å²) in [4.78, 5) is 3.74. The molecule has 1 aromatic rings. The largest absolute Gasteiger partial charge is 0.265 e. The standard InChI is InChI=1S/C6H4N2.BH3/c7-5-6-1-3-8-4-2-6;/h1-4H;1H3. The molecular weight excluding hydrogens is 111 g/mol. The molecule has 0 fully saturated rings. The number of hydrogen-bond acceptors (Lipinski definition) is 2. The van der Waals surface area contributed by atoms with E-state index < -0.39 is 0 Å². The Bertz CT molecular complexity index is 202. The van der Waals surface area contributed by atoms with Gasteiger partial charge in [-0.1, -0.05) is 0 Å². The van der Waals surface area contributed by atoms with Gasteiger partial charge in [-0.3, -0.25) is 4.98 Å². The summed E-state index contributed by atoms with van der Waals surface area (Å²) in [6.45, 7) is 0. The van der Waals surface area contributed by atoms with Crippen LogP contribution in [-0.4, -0.2) is 13.4 Å². The number of pyridine rings is 1. The van der Waals surface area contributed by atoms with Crippen LogP contribution in [0.15, 0.2) is 24.5 Å². The van der Waals surface area contributed by atoms with Crippen molar-refractivity contribution in [2.24, 2.45) is 0 Å². The van der Waals surface area contributed by atoms with Gasteiger partial charge in [0.25, 0.3) is 0 Å². The highest BCUT2D eigenvalue weighted by atomic mass is 14.6. The van der Waals surface area contributed by atoms with Crippen LogP contribution in [0.25, 0.3) is 0 Å². The van der Waals surface area contributed by atoms with Gasteiger partial charge in [0.2, 0.25) is 0 Å². The Morgan fingerprint density at radius 3 is 2.22 bits per heavy atom. The first-order valence-electron chi connectivity index (χ1n) is 2.23. The van der Waals surface area contributed by atoms with Crippen molar-refractivity contribution in [2.75, 3.05) is 0 Å². The van der Waals surface area contributed by atoms with Gasteiger partial charge in [-0.15, -0.1) is 0 Å². The minimum atomic E-state index is 0. The first kappa shape index (κ1) is 7.70. The van der Waals surface area contributed by atoms with E-state index in [4.69, 9.17) is 5.26 Å². The Labute approximate surface area is 55.7 Å². The summed E-state index contributed by atoms with van der Waals surface area (Å²) >= 11 is 0. The summed E-state index contributed by atoms with van der Waals surface area (Å²) in [6.07, 6.45) is 3.19. The molecule has 0 aromatic carbocycles. The summed E-state index contributed by atoms with van der Waals surface area (Å²) < 4.78 is 0. The van der Waals surface area contributed by atoms with Crippen molar-refractivity contribution in [2.45, 2.75) is 0 Å². The fourth-order valence-electron chi connectivity index (χ4n) is 0.426. The van der Waals surface area contributed by atoms with Gasteiger partial charge in [-0.05, 0) is 12.1 Å². The Balaban J connectivity index is 0.000000640. The summed E-state index contributed by atoms with van der Waals surface area (Å²) in [5, 5.41) is 8.26. The van der Waals surface area contributed by atoms with E-state index in [1.165, 1.54) is 0 Å². The van der Waals surface area contributed by atoms with Crippen LogP contribution in [0.5, 0.6) is 0 Å². The van der Waals surface area contributed by atoms with E-state index in [0.717, 1.165) is 0 Å². The molecule has 0 unspecified atom stereocenters. The fraction of sp³-hybridized carbons (Fsp3) is 0. The van der Waals surface area contributed by atoms with E-state index in [-0.39, 0.29) is 8.41 Å². The molecule has 3 heteroatoms. The smallest absolute Gasteiger partial charge is 0.0992 e. The molecule has 0 radical (unpaired) electrons. The van der Waals surface area contributed by atoms with Gasteiger partial charge < -0.3 is 0 Å². The molecule has 0 aliphatic heterocycles. The van der Waals surface area contributed by atoms with Crippen molar-refractivity contribution in [3.8, 4) is 6.07 Å². The number of nitrogens with zero attached hydrogens (tertiary/aromatic N) is 2. The third-order valence-corrected chi connectivity index (χ3v) is 0.809. The van der Waals surface area contributed by atoms with Crippen molar-refractivity contribution < 1.29 is 0 Å². The van der Waals surface area contributed by atoms with Crippen LogP contribution in [0.1, 0.15) is 5.56 Å². The predicted molar refractivity (Wildman–Crippen MR) is 38.9 cm³/mol. The third kappa shape index (κ3) is 1.96. The predicted octanol–water partition coefficient (Wildman–Crippen LogP) is -0.231. The second-order valence-corrected chi connectivity index (χ2v) is 1.35. The van der Waals surface area contributed by atoms with Crippen molar-refractivity contribution in [3.05, 3.63) is 30.1 Å². The number of nitriles is 1. The molecule has 0 atom stereocenters. The Morgan fingerprint density at radius 2 is 1.89 bits per heavy atom. The zero-order valence-corrected chi connectivity index (χ0v) is 4.20. The molecule has 0 bridgehead atoms. The van der Waals surface area contributed by atoms with Crippen LogP contribution in [0.3, 0.4) is 0 Å². The lowest BCUT2D eigenvalue weighted by Gasteiger charge is -1.79. The van der Waals surface area contributed by atoms with Gasteiger partial charge in [0.15, 0.2) is 0 Å². The number of rotatable bonds is 0. The molecule has 0 aliphatic carbocycles. The maximum absolute atomic E-state index is 8.26. The molecule has 2 nitrogen and oxygen atoms in total. The lowest BCUT2D eigenvalue weighted by molar-refractivity contribution is 1.31. The zero-order chi connectivity index (χ0) is 5.82. The minimum absolute atomic E-state index is 0. The maximum atomic E-state index is 8.26. The SMILES string of the molecule is B.N#Cc1ccncc1. The first-order chi connectivity index (χ1) is 3.93. The monoisotopic (exact) mass is 118 g/mol. The van der Waals surface area contributed by atoms with Crippen LogP contribution in [0.2, 0.25) is 0 Å². The molecule has 44 valence electrons.